The van der Waals surface area contributed by atoms with E-state index in [1.807, 2.05) is 20.8 Å². The maximum Gasteiger partial charge on any atom is 0.323 e. The van der Waals surface area contributed by atoms with E-state index < -0.39 is 11.5 Å². The van der Waals surface area contributed by atoms with Gasteiger partial charge in [0.2, 0.25) is 0 Å². The van der Waals surface area contributed by atoms with Crippen molar-refractivity contribution < 1.29 is 9.90 Å². The molecule has 0 saturated heterocycles. The average Bonchev–Trinajstić information content (AvgIpc) is 2.33. The number of nitrogens with one attached hydrogen (secondary N) is 1. The molecule has 0 amide bonds. The van der Waals surface area contributed by atoms with Crippen molar-refractivity contribution in [2.75, 3.05) is 0 Å². The fourth-order valence-corrected chi connectivity index (χ4v) is 1.65. The lowest BCUT2D eigenvalue weighted by molar-refractivity contribution is -0.145. The Hall–Kier alpha value is -1.49. The van der Waals surface area contributed by atoms with Crippen LogP contribution >= 0.6 is 0 Å². The van der Waals surface area contributed by atoms with Gasteiger partial charge >= 0.3 is 5.97 Å². The zero-order valence-corrected chi connectivity index (χ0v) is 10.5. The molecule has 0 bridgehead atoms. The van der Waals surface area contributed by atoms with Crippen molar-refractivity contribution in [3.05, 3.63) is 23.8 Å². The van der Waals surface area contributed by atoms with Gasteiger partial charge in [-0.05, 0) is 19.8 Å². The first-order valence-electron chi connectivity index (χ1n) is 5.80. The molecule has 5 heteroatoms. The molecule has 17 heavy (non-hydrogen) atoms. The summed E-state index contributed by atoms with van der Waals surface area (Å²) in [4.78, 5) is 19.6. The van der Waals surface area contributed by atoms with Gasteiger partial charge in [-0.15, -0.1) is 0 Å². The molecule has 0 aromatic carbocycles. The highest BCUT2D eigenvalue weighted by Crippen LogP contribution is 2.16. The van der Waals surface area contributed by atoms with E-state index in [0.717, 1.165) is 11.4 Å². The molecule has 1 aromatic heterocycles. The highest BCUT2D eigenvalue weighted by atomic mass is 16.4. The zero-order valence-electron chi connectivity index (χ0n) is 10.5. The van der Waals surface area contributed by atoms with E-state index in [1.165, 1.54) is 0 Å². The second-order valence-corrected chi connectivity index (χ2v) is 4.10. The maximum atomic E-state index is 11.3. The van der Waals surface area contributed by atoms with Crippen LogP contribution in [0.2, 0.25) is 0 Å². The minimum atomic E-state index is -0.868. The van der Waals surface area contributed by atoms with E-state index in [-0.39, 0.29) is 0 Å². The van der Waals surface area contributed by atoms with Gasteiger partial charge in [-0.3, -0.25) is 20.1 Å². The van der Waals surface area contributed by atoms with E-state index in [2.05, 4.69) is 15.3 Å². The normalized spacial score (nSPS) is 11.5. The summed E-state index contributed by atoms with van der Waals surface area (Å²) >= 11 is 0. The fourth-order valence-electron chi connectivity index (χ4n) is 1.65. The third-order valence-corrected chi connectivity index (χ3v) is 3.06. The first-order chi connectivity index (χ1) is 8.04. The minimum absolute atomic E-state index is 0.418. The molecule has 1 heterocycles. The van der Waals surface area contributed by atoms with Crippen molar-refractivity contribution >= 4 is 5.97 Å². The van der Waals surface area contributed by atoms with Gasteiger partial charge in [0.25, 0.3) is 0 Å². The molecule has 94 valence electrons. The average molecular weight is 237 g/mol. The minimum Gasteiger partial charge on any atom is -0.480 e. The van der Waals surface area contributed by atoms with Gasteiger partial charge in [-0.2, -0.15) is 0 Å². The van der Waals surface area contributed by atoms with Crippen LogP contribution in [0.4, 0.5) is 0 Å². The predicted molar refractivity (Wildman–Crippen MR) is 64.6 cm³/mol. The molecule has 0 aliphatic carbocycles. The third-order valence-electron chi connectivity index (χ3n) is 3.06. The van der Waals surface area contributed by atoms with Gasteiger partial charge in [0.05, 0.1) is 11.4 Å². The topological polar surface area (TPSA) is 75.1 Å². The lowest BCUT2D eigenvalue weighted by Crippen LogP contribution is -2.50. The van der Waals surface area contributed by atoms with E-state index in [1.54, 1.807) is 12.4 Å². The Morgan fingerprint density at radius 1 is 1.35 bits per heavy atom. The number of nitrogens with zero attached hydrogens (tertiary/aromatic N) is 2. The Morgan fingerprint density at radius 2 is 2.00 bits per heavy atom. The molecule has 0 aliphatic heterocycles. The number of hydrogen-bond donors (Lipinski definition) is 2. The smallest absolute Gasteiger partial charge is 0.323 e. The van der Waals surface area contributed by atoms with E-state index in [4.69, 9.17) is 0 Å². The lowest BCUT2D eigenvalue weighted by atomic mass is 9.93. The van der Waals surface area contributed by atoms with Gasteiger partial charge in [0.15, 0.2) is 0 Å². The van der Waals surface area contributed by atoms with Crippen LogP contribution in [0, 0.1) is 6.92 Å². The molecule has 5 nitrogen and oxygen atoms in total. The number of carboxylic acid groups (broad SMARTS) is 1. The van der Waals surface area contributed by atoms with E-state index >= 15 is 0 Å². The van der Waals surface area contributed by atoms with Crippen molar-refractivity contribution in [1.29, 1.82) is 0 Å². The maximum absolute atomic E-state index is 11.3. The van der Waals surface area contributed by atoms with Crippen LogP contribution < -0.4 is 5.32 Å². The summed E-state index contributed by atoms with van der Waals surface area (Å²) in [5.41, 5.74) is 0.736. The fraction of sp³-hybridized carbons (Fsp3) is 0.583. The molecule has 0 radical (unpaired) electrons. The first-order valence-corrected chi connectivity index (χ1v) is 5.80. The van der Waals surface area contributed by atoms with Gasteiger partial charge in [-0.25, -0.2) is 0 Å². The van der Waals surface area contributed by atoms with Gasteiger partial charge in [-0.1, -0.05) is 13.8 Å². The van der Waals surface area contributed by atoms with E-state index in [0.29, 0.717) is 19.4 Å². The SMILES string of the molecule is CCC(CC)(NCc1cnc(C)cn1)C(=O)O. The predicted octanol–water partition coefficient (Wildman–Crippen LogP) is 1.52. The molecule has 0 spiro atoms. The Balaban J connectivity index is 2.70. The monoisotopic (exact) mass is 237 g/mol. The van der Waals surface area contributed by atoms with Crippen molar-refractivity contribution in [3.63, 3.8) is 0 Å². The van der Waals surface area contributed by atoms with Gasteiger partial charge in [0, 0.05) is 18.9 Å². The summed E-state index contributed by atoms with van der Waals surface area (Å²) in [5.74, 6) is -0.817. The number of carboxylic acids is 1. The summed E-state index contributed by atoms with van der Waals surface area (Å²) in [5, 5.41) is 12.3. The van der Waals surface area contributed by atoms with Crippen LogP contribution in [-0.4, -0.2) is 26.6 Å². The molecule has 1 rings (SSSR count). The largest absolute Gasteiger partial charge is 0.480 e. The molecule has 2 N–H and O–H groups in total. The molecule has 0 saturated carbocycles. The molecular formula is C12H19N3O2. The van der Waals surface area contributed by atoms with Crippen molar-refractivity contribution in [2.24, 2.45) is 0 Å². The quantitative estimate of drug-likeness (QED) is 0.784. The van der Waals surface area contributed by atoms with Crippen LogP contribution in [-0.2, 0) is 11.3 Å². The van der Waals surface area contributed by atoms with Gasteiger partial charge in [0.1, 0.15) is 5.54 Å². The molecule has 0 aliphatic rings. The van der Waals surface area contributed by atoms with Crippen LogP contribution in [0.3, 0.4) is 0 Å². The number of rotatable bonds is 6. The lowest BCUT2D eigenvalue weighted by Gasteiger charge is -2.27. The molecule has 0 atom stereocenters. The van der Waals surface area contributed by atoms with Crippen molar-refractivity contribution in [2.45, 2.75) is 45.7 Å². The first kappa shape index (κ1) is 13.6. The second kappa shape index (κ2) is 5.72. The highest BCUT2D eigenvalue weighted by Gasteiger charge is 2.34. The summed E-state index contributed by atoms with van der Waals surface area (Å²) in [6.45, 7) is 6.02. The number of aromatic nitrogens is 2. The molecule has 0 unspecified atom stereocenters. The summed E-state index contributed by atoms with van der Waals surface area (Å²) in [6.07, 6.45) is 4.42. The number of aliphatic carboxylic acids is 1. The molecule has 1 aromatic rings. The second-order valence-electron chi connectivity index (χ2n) is 4.10. The van der Waals surface area contributed by atoms with Crippen LogP contribution in [0.1, 0.15) is 38.1 Å². The number of aryl methyl sites for hydroxylation is 1. The Labute approximate surface area is 101 Å². The van der Waals surface area contributed by atoms with Gasteiger partial charge < -0.3 is 5.11 Å². The van der Waals surface area contributed by atoms with Crippen molar-refractivity contribution in [3.8, 4) is 0 Å². The molecule has 0 fully saturated rings. The van der Waals surface area contributed by atoms with Crippen LogP contribution in [0.25, 0.3) is 0 Å². The third kappa shape index (κ3) is 3.23. The molecular weight excluding hydrogens is 218 g/mol. The Morgan fingerprint density at radius 3 is 2.41 bits per heavy atom. The zero-order chi connectivity index (χ0) is 12.9. The Kier molecular flexibility index (Phi) is 4.57. The summed E-state index contributed by atoms with van der Waals surface area (Å²) in [6, 6.07) is 0. The number of carbonyl (C=O) groups is 1. The highest BCUT2D eigenvalue weighted by molar-refractivity contribution is 5.78. The standard InChI is InChI=1S/C12H19N3O2/c1-4-12(5-2,11(16)17)15-8-10-7-13-9(3)6-14-10/h6-7,15H,4-5,8H2,1-3H3,(H,16,17). The van der Waals surface area contributed by atoms with Crippen LogP contribution in [0.15, 0.2) is 12.4 Å². The summed E-state index contributed by atoms with van der Waals surface area (Å²) in [7, 11) is 0. The summed E-state index contributed by atoms with van der Waals surface area (Å²) < 4.78 is 0. The Bertz CT molecular complexity index is 372. The van der Waals surface area contributed by atoms with Crippen molar-refractivity contribution in [1.82, 2.24) is 15.3 Å². The van der Waals surface area contributed by atoms with Crippen LogP contribution in [0.5, 0.6) is 0 Å². The number of hydrogen-bond acceptors (Lipinski definition) is 4. The van der Waals surface area contributed by atoms with E-state index in [9.17, 15) is 9.90 Å².